The van der Waals surface area contributed by atoms with Crippen molar-refractivity contribution in [3.63, 3.8) is 0 Å². The van der Waals surface area contributed by atoms with Gasteiger partial charge in [0.25, 0.3) is 0 Å². The lowest BCUT2D eigenvalue weighted by molar-refractivity contribution is 0.483. The summed E-state index contributed by atoms with van der Waals surface area (Å²) < 4.78 is 6.32. The van der Waals surface area contributed by atoms with Gasteiger partial charge in [0.05, 0.1) is 0 Å². The molecular formula is C41H38N2O. The normalized spacial score (nSPS) is 10.8. The van der Waals surface area contributed by atoms with E-state index >= 15 is 0 Å². The SMILES string of the molecule is Cc1ccc(N(c2ccc(C)cc2)c2ccc(Oc3ccc(N(c4ccc(C)cc4)c4ccc(C)c(C)c4)cc3)cc2)cc1. The Morgan fingerprint density at radius 2 is 0.614 bits per heavy atom. The maximum Gasteiger partial charge on any atom is 0.127 e. The van der Waals surface area contributed by atoms with E-state index in [1.54, 1.807) is 0 Å². The second-order valence-corrected chi connectivity index (χ2v) is 11.5. The van der Waals surface area contributed by atoms with Crippen LogP contribution in [0, 0.1) is 34.6 Å². The number of aryl methyl sites for hydroxylation is 5. The fourth-order valence-corrected chi connectivity index (χ4v) is 5.30. The molecule has 3 heteroatoms. The molecule has 0 aliphatic carbocycles. The van der Waals surface area contributed by atoms with E-state index in [2.05, 4.69) is 160 Å². The van der Waals surface area contributed by atoms with Gasteiger partial charge >= 0.3 is 0 Å². The van der Waals surface area contributed by atoms with Crippen molar-refractivity contribution in [2.24, 2.45) is 0 Å². The first-order valence-corrected chi connectivity index (χ1v) is 15.1. The highest BCUT2D eigenvalue weighted by Crippen LogP contribution is 2.38. The highest BCUT2D eigenvalue weighted by molar-refractivity contribution is 5.78. The van der Waals surface area contributed by atoms with Crippen LogP contribution in [0.4, 0.5) is 34.1 Å². The van der Waals surface area contributed by atoms with E-state index < -0.39 is 0 Å². The van der Waals surface area contributed by atoms with E-state index in [1.165, 1.54) is 27.8 Å². The number of ether oxygens (including phenoxy) is 1. The minimum Gasteiger partial charge on any atom is -0.457 e. The summed E-state index contributed by atoms with van der Waals surface area (Å²) in [6.07, 6.45) is 0. The van der Waals surface area contributed by atoms with Gasteiger partial charge in [-0.3, -0.25) is 0 Å². The third-order valence-electron chi connectivity index (χ3n) is 8.05. The lowest BCUT2D eigenvalue weighted by Crippen LogP contribution is -2.10. The molecule has 0 amide bonds. The average Bonchev–Trinajstić information content (AvgIpc) is 3.03. The van der Waals surface area contributed by atoms with Gasteiger partial charge in [-0.05, 0) is 143 Å². The predicted octanol–water partition coefficient (Wildman–Crippen LogP) is 12.0. The lowest BCUT2D eigenvalue weighted by Gasteiger charge is -2.26. The Kier molecular flexibility index (Phi) is 8.21. The maximum absolute atomic E-state index is 6.32. The molecule has 6 aromatic carbocycles. The molecule has 0 radical (unpaired) electrons. The van der Waals surface area contributed by atoms with Crippen LogP contribution in [0.1, 0.15) is 27.8 Å². The first-order chi connectivity index (χ1) is 21.3. The minimum atomic E-state index is 0.791. The van der Waals surface area contributed by atoms with E-state index in [-0.39, 0.29) is 0 Å². The van der Waals surface area contributed by atoms with Gasteiger partial charge < -0.3 is 14.5 Å². The van der Waals surface area contributed by atoms with Crippen molar-refractivity contribution in [1.29, 1.82) is 0 Å². The summed E-state index contributed by atoms with van der Waals surface area (Å²) in [5.41, 5.74) is 12.9. The third-order valence-corrected chi connectivity index (χ3v) is 8.05. The zero-order valence-corrected chi connectivity index (χ0v) is 26.1. The summed E-state index contributed by atoms with van der Waals surface area (Å²) >= 11 is 0. The molecule has 0 unspecified atom stereocenters. The first kappa shape index (κ1) is 28.8. The van der Waals surface area contributed by atoms with Crippen molar-refractivity contribution < 1.29 is 4.74 Å². The molecule has 0 atom stereocenters. The Hall–Kier alpha value is -5.28. The average molecular weight is 575 g/mol. The summed E-state index contributed by atoms with van der Waals surface area (Å²) in [5, 5.41) is 0. The highest BCUT2D eigenvalue weighted by Gasteiger charge is 2.15. The van der Waals surface area contributed by atoms with Crippen molar-refractivity contribution in [1.82, 2.24) is 0 Å². The van der Waals surface area contributed by atoms with Crippen LogP contribution < -0.4 is 14.5 Å². The predicted molar refractivity (Wildman–Crippen MR) is 186 cm³/mol. The highest BCUT2D eigenvalue weighted by atomic mass is 16.5. The quantitative estimate of drug-likeness (QED) is 0.180. The van der Waals surface area contributed by atoms with E-state index in [4.69, 9.17) is 4.74 Å². The van der Waals surface area contributed by atoms with Crippen molar-refractivity contribution in [3.05, 3.63) is 167 Å². The van der Waals surface area contributed by atoms with Crippen molar-refractivity contribution in [3.8, 4) is 11.5 Å². The Labute approximate surface area is 261 Å². The Balaban J connectivity index is 1.25. The van der Waals surface area contributed by atoms with Crippen molar-refractivity contribution >= 4 is 34.1 Å². The largest absolute Gasteiger partial charge is 0.457 e. The van der Waals surface area contributed by atoms with Gasteiger partial charge in [-0.2, -0.15) is 0 Å². The number of hydrogen-bond donors (Lipinski definition) is 0. The van der Waals surface area contributed by atoms with Crippen LogP contribution in [0.3, 0.4) is 0 Å². The van der Waals surface area contributed by atoms with Crippen molar-refractivity contribution in [2.75, 3.05) is 9.80 Å². The Bertz CT molecular complexity index is 1790. The number of rotatable bonds is 8. The molecular weight excluding hydrogens is 536 g/mol. The molecule has 0 heterocycles. The van der Waals surface area contributed by atoms with Crippen LogP contribution in [0.25, 0.3) is 0 Å². The molecule has 0 spiro atoms. The number of benzene rings is 6. The first-order valence-electron chi connectivity index (χ1n) is 15.1. The monoisotopic (exact) mass is 574 g/mol. The third kappa shape index (κ3) is 6.38. The molecule has 0 bridgehead atoms. The second kappa shape index (κ2) is 12.5. The van der Waals surface area contributed by atoms with Gasteiger partial charge in [-0.1, -0.05) is 59.2 Å². The standard InChI is InChI=1S/C41H38N2O/c1-29-6-13-34(14-7-29)42(35-15-8-30(2)9-16-35)37-20-24-40(25-21-37)44-41-26-22-38(23-27-41)43(36-17-10-31(3)11-18-36)39-19-12-32(4)33(5)28-39/h6-28H,1-5H3. The van der Waals surface area contributed by atoms with Crippen LogP contribution in [-0.4, -0.2) is 0 Å². The van der Waals surface area contributed by atoms with Crippen molar-refractivity contribution in [2.45, 2.75) is 34.6 Å². The molecule has 3 nitrogen and oxygen atoms in total. The fourth-order valence-electron chi connectivity index (χ4n) is 5.30. The smallest absolute Gasteiger partial charge is 0.127 e. The van der Waals surface area contributed by atoms with E-state index in [9.17, 15) is 0 Å². The molecule has 6 aromatic rings. The minimum absolute atomic E-state index is 0.791. The van der Waals surface area contributed by atoms with Gasteiger partial charge in [0.1, 0.15) is 11.5 Å². The van der Waals surface area contributed by atoms with E-state index in [0.29, 0.717) is 0 Å². The molecule has 0 saturated carbocycles. The van der Waals surface area contributed by atoms with E-state index in [1.807, 2.05) is 24.3 Å². The number of nitrogens with zero attached hydrogens (tertiary/aromatic N) is 2. The summed E-state index contributed by atoms with van der Waals surface area (Å²) in [7, 11) is 0. The Morgan fingerprint density at radius 3 is 0.955 bits per heavy atom. The summed E-state index contributed by atoms with van der Waals surface area (Å²) in [4.78, 5) is 4.55. The topological polar surface area (TPSA) is 15.7 Å². The molecule has 0 saturated heterocycles. The van der Waals surface area contributed by atoms with Crippen LogP contribution in [0.15, 0.2) is 140 Å². The van der Waals surface area contributed by atoms with Crippen LogP contribution in [0.5, 0.6) is 11.5 Å². The molecule has 0 aliphatic rings. The second-order valence-electron chi connectivity index (χ2n) is 11.5. The molecule has 6 rings (SSSR count). The molecule has 218 valence electrons. The van der Waals surface area contributed by atoms with Gasteiger partial charge in [-0.15, -0.1) is 0 Å². The van der Waals surface area contributed by atoms with Crippen LogP contribution >= 0.6 is 0 Å². The summed E-state index contributed by atoms with van der Waals surface area (Å²) in [6, 6.07) is 49.2. The lowest BCUT2D eigenvalue weighted by atomic mass is 10.1. The van der Waals surface area contributed by atoms with Crippen LogP contribution in [0.2, 0.25) is 0 Å². The van der Waals surface area contributed by atoms with Gasteiger partial charge in [-0.25, -0.2) is 0 Å². The summed E-state index contributed by atoms with van der Waals surface area (Å²) in [6.45, 7) is 10.7. The zero-order valence-electron chi connectivity index (χ0n) is 26.1. The fraction of sp³-hybridized carbons (Fsp3) is 0.122. The Morgan fingerprint density at radius 1 is 0.318 bits per heavy atom. The number of anilines is 6. The molecule has 0 fully saturated rings. The van der Waals surface area contributed by atoms with Gasteiger partial charge in [0.2, 0.25) is 0 Å². The molecule has 0 aromatic heterocycles. The van der Waals surface area contributed by atoms with E-state index in [0.717, 1.165) is 45.6 Å². The van der Waals surface area contributed by atoms with Gasteiger partial charge in [0.15, 0.2) is 0 Å². The van der Waals surface area contributed by atoms with Crippen LogP contribution in [-0.2, 0) is 0 Å². The summed E-state index contributed by atoms with van der Waals surface area (Å²) in [5.74, 6) is 1.58. The zero-order chi connectivity index (χ0) is 30.6. The molecule has 0 N–H and O–H groups in total. The maximum atomic E-state index is 6.32. The molecule has 44 heavy (non-hydrogen) atoms. The molecule has 0 aliphatic heterocycles. The van der Waals surface area contributed by atoms with Gasteiger partial charge in [0, 0.05) is 34.1 Å². The number of hydrogen-bond acceptors (Lipinski definition) is 3.